The molecule has 1 fully saturated rings. The van der Waals surface area contributed by atoms with Crippen LogP contribution in [0.3, 0.4) is 0 Å². The van der Waals surface area contributed by atoms with Crippen LogP contribution in [0.4, 0.5) is 5.82 Å². The number of nitrogens with zero attached hydrogens (tertiary/aromatic N) is 3. The van der Waals surface area contributed by atoms with Crippen LogP contribution in [-0.2, 0) is 22.6 Å². The van der Waals surface area contributed by atoms with Gasteiger partial charge in [-0.3, -0.25) is 9.69 Å². The molecule has 1 atom stereocenters. The number of ether oxygens (including phenoxy) is 1. The highest BCUT2D eigenvalue weighted by Crippen LogP contribution is 2.21. The molecule has 1 aliphatic heterocycles. The highest BCUT2D eigenvalue weighted by Gasteiger charge is 2.23. The molecule has 0 spiro atoms. The maximum absolute atomic E-state index is 12.8. The van der Waals surface area contributed by atoms with Crippen LogP contribution in [0.5, 0.6) is 0 Å². The predicted octanol–water partition coefficient (Wildman–Crippen LogP) is 4.31. The predicted molar refractivity (Wildman–Crippen MR) is 130 cm³/mol. The first-order chi connectivity index (χ1) is 16.2. The number of hydrogen-bond acceptors (Lipinski definition) is 4. The Balaban J connectivity index is 1.20. The Kier molecular flexibility index (Phi) is 6.46. The summed E-state index contributed by atoms with van der Waals surface area (Å²) in [5.41, 5.74) is 2.44. The third-order valence-electron chi connectivity index (χ3n) is 6.07. The van der Waals surface area contributed by atoms with Gasteiger partial charge in [-0.1, -0.05) is 72.8 Å². The molecule has 0 saturated carbocycles. The van der Waals surface area contributed by atoms with Crippen molar-refractivity contribution in [1.29, 1.82) is 0 Å². The minimum Gasteiger partial charge on any atom is -0.375 e. The van der Waals surface area contributed by atoms with Crippen molar-refractivity contribution in [3.63, 3.8) is 0 Å². The molecule has 0 radical (unpaired) electrons. The maximum atomic E-state index is 12.8. The van der Waals surface area contributed by atoms with Crippen LogP contribution in [0.15, 0.2) is 85.1 Å². The summed E-state index contributed by atoms with van der Waals surface area (Å²) in [7, 11) is 0. The summed E-state index contributed by atoms with van der Waals surface area (Å²) in [6.45, 7) is 3.74. The van der Waals surface area contributed by atoms with Crippen molar-refractivity contribution in [2.24, 2.45) is 0 Å². The summed E-state index contributed by atoms with van der Waals surface area (Å²) in [6, 6.07) is 26.8. The van der Waals surface area contributed by atoms with E-state index in [-0.39, 0.29) is 12.0 Å². The van der Waals surface area contributed by atoms with Gasteiger partial charge in [-0.25, -0.2) is 4.68 Å². The number of benzene rings is 3. The number of anilines is 1. The largest absolute Gasteiger partial charge is 0.375 e. The van der Waals surface area contributed by atoms with Crippen molar-refractivity contribution in [3.8, 4) is 0 Å². The minimum atomic E-state index is -0.114. The Morgan fingerprint density at radius 2 is 1.79 bits per heavy atom. The summed E-state index contributed by atoms with van der Waals surface area (Å²) in [5.74, 6) is 0.645. The Bertz CT molecular complexity index is 1220. The second kappa shape index (κ2) is 9.98. The zero-order chi connectivity index (χ0) is 22.5. The highest BCUT2D eigenvalue weighted by atomic mass is 16.5. The second-order valence-electron chi connectivity index (χ2n) is 8.48. The number of morpholine rings is 1. The van der Waals surface area contributed by atoms with Crippen molar-refractivity contribution < 1.29 is 9.53 Å². The van der Waals surface area contributed by atoms with E-state index in [1.807, 2.05) is 28.9 Å². The van der Waals surface area contributed by atoms with Crippen LogP contribution >= 0.6 is 0 Å². The topological polar surface area (TPSA) is 59.4 Å². The molecular formula is C27H28N4O2. The van der Waals surface area contributed by atoms with Crippen LogP contribution in [0.1, 0.15) is 17.5 Å². The molecule has 1 N–H and O–H groups in total. The fourth-order valence-corrected chi connectivity index (χ4v) is 4.45. The van der Waals surface area contributed by atoms with Gasteiger partial charge in [-0.15, -0.1) is 0 Å². The van der Waals surface area contributed by atoms with Gasteiger partial charge in [0.05, 0.1) is 31.9 Å². The molecule has 5 rings (SSSR count). The van der Waals surface area contributed by atoms with Crippen molar-refractivity contribution in [1.82, 2.24) is 14.7 Å². The van der Waals surface area contributed by atoms with E-state index in [1.165, 1.54) is 21.9 Å². The van der Waals surface area contributed by atoms with Crippen molar-refractivity contribution in [2.45, 2.75) is 25.6 Å². The summed E-state index contributed by atoms with van der Waals surface area (Å²) < 4.78 is 7.72. The number of fused-ring (bicyclic) bond motifs is 1. The van der Waals surface area contributed by atoms with Crippen molar-refractivity contribution in [3.05, 3.63) is 96.2 Å². The van der Waals surface area contributed by atoms with Crippen LogP contribution in [-0.4, -0.2) is 46.4 Å². The summed E-state index contributed by atoms with van der Waals surface area (Å²) in [4.78, 5) is 15.2. The van der Waals surface area contributed by atoms with Gasteiger partial charge in [0, 0.05) is 25.7 Å². The van der Waals surface area contributed by atoms with Gasteiger partial charge >= 0.3 is 0 Å². The third-order valence-corrected chi connectivity index (χ3v) is 6.07. The second-order valence-corrected chi connectivity index (χ2v) is 8.48. The average Bonchev–Trinajstić information content (AvgIpc) is 3.26. The van der Waals surface area contributed by atoms with Gasteiger partial charge in [0.2, 0.25) is 5.91 Å². The molecule has 3 aromatic carbocycles. The number of nitrogens with one attached hydrogen (secondary N) is 1. The number of carbonyl (C=O) groups excluding carboxylic acids is 1. The standard InChI is InChI=1S/C27H28N4O2/c32-27(17-24-20-30(15-16-33-24)18-21-7-2-1-3-8-21)29-26-13-14-28-31(26)19-23-11-6-10-22-9-4-5-12-25(22)23/h1-14,24H,15-20H2,(H,29,32). The fraction of sp³-hybridized carbons (Fsp3) is 0.259. The van der Waals surface area contributed by atoms with Gasteiger partial charge in [-0.2, -0.15) is 5.10 Å². The first-order valence-electron chi connectivity index (χ1n) is 11.4. The van der Waals surface area contributed by atoms with E-state index in [1.54, 1.807) is 6.20 Å². The minimum absolute atomic E-state index is 0.0544. The first kappa shape index (κ1) is 21.4. The number of rotatable bonds is 7. The van der Waals surface area contributed by atoms with Gasteiger partial charge in [0.15, 0.2) is 0 Å². The molecule has 1 saturated heterocycles. The smallest absolute Gasteiger partial charge is 0.228 e. The third kappa shape index (κ3) is 5.30. The van der Waals surface area contributed by atoms with Crippen molar-refractivity contribution in [2.75, 3.05) is 25.0 Å². The van der Waals surface area contributed by atoms with Crippen LogP contribution in [0.2, 0.25) is 0 Å². The molecule has 168 valence electrons. The van der Waals surface area contributed by atoms with Gasteiger partial charge in [0.1, 0.15) is 5.82 Å². The van der Waals surface area contributed by atoms with E-state index in [2.05, 4.69) is 69.9 Å². The monoisotopic (exact) mass is 440 g/mol. The van der Waals surface area contributed by atoms with E-state index in [9.17, 15) is 4.79 Å². The molecule has 1 aromatic heterocycles. The van der Waals surface area contributed by atoms with Gasteiger partial charge < -0.3 is 10.1 Å². The molecular weight excluding hydrogens is 412 g/mol. The molecule has 0 aliphatic carbocycles. The Morgan fingerprint density at radius 1 is 0.970 bits per heavy atom. The summed E-state index contributed by atoms with van der Waals surface area (Å²) >= 11 is 0. The van der Waals surface area contributed by atoms with Crippen LogP contribution in [0, 0.1) is 0 Å². The van der Waals surface area contributed by atoms with E-state index < -0.39 is 0 Å². The molecule has 1 aliphatic rings. The highest BCUT2D eigenvalue weighted by molar-refractivity contribution is 5.90. The molecule has 4 aromatic rings. The maximum Gasteiger partial charge on any atom is 0.228 e. The van der Waals surface area contributed by atoms with Crippen LogP contribution < -0.4 is 5.32 Å². The Hall–Kier alpha value is -3.48. The molecule has 2 heterocycles. The average molecular weight is 441 g/mol. The lowest BCUT2D eigenvalue weighted by atomic mass is 10.0. The number of aromatic nitrogens is 2. The lowest BCUT2D eigenvalue weighted by Crippen LogP contribution is -2.43. The molecule has 6 heteroatoms. The van der Waals surface area contributed by atoms with E-state index in [0.717, 1.165) is 19.6 Å². The molecule has 0 bridgehead atoms. The van der Waals surface area contributed by atoms with Crippen LogP contribution in [0.25, 0.3) is 10.8 Å². The number of hydrogen-bond donors (Lipinski definition) is 1. The first-order valence-corrected chi connectivity index (χ1v) is 11.4. The normalized spacial score (nSPS) is 16.7. The number of amides is 1. The Labute approximate surface area is 193 Å². The van der Waals surface area contributed by atoms with E-state index in [4.69, 9.17) is 4.74 Å². The zero-order valence-electron chi connectivity index (χ0n) is 18.6. The zero-order valence-corrected chi connectivity index (χ0v) is 18.6. The molecule has 6 nitrogen and oxygen atoms in total. The summed E-state index contributed by atoms with van der Waals surface area (Å²) in [5, 5.41) is 9.87. The summed E-state index contributed by atoms with van der Waals surface area (Å²) in [6.07, 6.45) is 1.93. The lowest BCUT2D eigenvalue weighted by molar-refractivity contribution is -0.121. The van der Waals surface area contributed by atoms with Crippen molar-refractivity contribution >= 4 is 22.5 Å². The van der Waals surface area contributed by atoms with E-state index >= 15 is 0 Å². The van der Waals surface area contributed by atoms with Gasteiger partial charge in [0.25, 0.3) is 0 Å². The fourth-order valence-electron chi connectivity index (χ4n) is 4.45. The molecule has 33 heavy (non-hydrogen) atoms. The SMILES string of the molecule is O=C(CC1CN(Cc2ccccc2)CCO1)Nc1ccnn1Cc1cccc2ccccc12. The van der Waals surface area contributed by atoms with E-state index in [0.29, 0.717) is 25.4 Å². The molecule has 1 unspecified atom stereocenters. The van der Waals surface area contributed by atoms with Gasteiger partial charge in [-0.05, 0) is 21.9 Å². The Morgan fingerprint density at radius 3 is 2.70 bits per heavy atom. The number of carbonyl (C=O) groups is 1. The lowest BCUT2D eigenvalue weighted by Gasteiger charge is -2.32. The quantitative estimate of drug-likeness (QED) is 0.465. The molecule has 1 amide bonds.